The third-order valence-electron chi connectivity index (χ3n) is 14.1. The van der Waals surface area contributed by atoms with Crippen molar-refractivity contribution in [2.75, 3.05) is 0 Å². The fourth-order valence-corrected chi connectivity index (χ4v) is 115. The van der Waals surface area contributed by atoms with Gasteiger partial charge in [-0.25, -0.2) is 0 Å². The van der Waals surface area contributed by atoms with Gasteiger partial charge in [-0.3, -0.25) is 0 Å². The van der Waals surface area contributed by atoms with Crippen molar-refractivity contribution in [2.45, 2.75) is 216 Å². The lowest BCUT2D eigenvalue weighted by atomic mass is 10.1. The molecule has 4 rings (SSSR count). The van der Waals surface area contributed by atoms with Crippen LogP contribution in [0.2, 0.25) is 127 Å². The summed E-state index contributed by atoms with van der Waals surface area (Å²) in [6, 6.07) is 0. The van der Waals surface area contributed by atoms with E-state index >= 15 is 0 Å². The summed E-state index contributed by atoms with van der Waals surface area (Å²) in [5.74, 6) is 0. The monoisotopic (exact) mass is 1370 g/mol. The van der Waals surface area contributed by atoms with Crippen molar-refractivity contribution in [1.29, 1.82) is 0 Å². The maximum absolute atomic E-state index is 11.4. The molecule has 0 radical (unpaired) electrons. The summed E-state index contributed by atoms with van der Waals surface area (Å²) < 4.78 is 122. The van der Waals surface area contributed by atoms with Gasteiger partial charge < -0.3 is 91.0 Å². The Kier molecular flexibility index (Phi) is 30.0. The maximum atomic E-state index is 11.4. The van der Waals surface area contributed by atoms with Crippen molar-refractivity contribution in [2.24, 2.45) is 0 Å². The van der Waals surface area contributed by atoms with Crippen LogP contribution >= 0.6 is 0 Å². The Morgan fingerprint density at radius 2 is 0.538 bits per heavy atom. The second-order valence-electron chi connectivity index (χ2n) is 23.7. The van der Waals surface area contributed by atoms with E-state index in [-0.39, 0.29) is 0 Å². The molecule has 0 aromatic carbocycles. The Hall–Kier alpha value is -0.290. The van der Waals surface area contributed by atoms with Gasteiger partial charge in [0, 0.05) is 0 Å². The third-order valence-corrected chi connectivity index (χ3v) is 124. The van der Waals surface area contributed by atoms with Crippen LogP contribution in [0.25, 0.3) is 0 Å². The molecule has 6 N–H and O–H groups in total. The van der Waals surface area contributed by atoms with Gasteiger partial charge in [0.15, 0.2) is 36.2 Å². The van der Waals surface area contributed by atoms with Crippen molar-refractivity contribution in [3.8, 4) is 0 Å². The van der Waals surface area contributed by atoms with E-state index in [0.29, 0.717) is 22.2 Å². The molecule has 78 heavy (non-hydrogen) atoms. The first-order valence-electron chi connectivity index (χ1n) is 27.4. The highest BCUT2D eigenvalue weighted by molar-refractivity contribution is 8.14. The largest absolute Gasteiger partial charge is 0.542 e. The smallest absolute Gasteiger partial charge is 0.483 e. The van der Waals surface area contributed by atoms with E-state index in [0.717, 1.165) is 0 Å². The highest BCUT2D eigenvalue weighted by atomic mass is 30.4. The summed E-state index contributed by atoms with van der Waals surface area (Å²) in [4.78, 5) is 54.9. The number of allylic oxidation sites excluding steroid dienone is 8. The SMILES string of the molecule is C[SiH](C)OC(O[SiH](C)C)(O[SiH](C)C)O[SiH](C)C.C[Si](C)(OC(O[Si](C)(C)C1C=CCCC1)(O[Si](C)(C)C1C=CCCC1)O[Si](C)(C)C1C=CCCC1)C1C=CCCC1.O=[Si](O)[Si]([Si](=O)O)([Si](=O)O)[Si]([Si](=O)O)([Si](=O)O)[Si](=O)O. The molecule has 0 saturated heterocycles. The zero-order valence-electron chi connectivity index (χ0n) is 49.1. The van der Waals surface area contributed by atoms with Crippen molar-refractivity contribution in [1.82, 2.24) is 0 Å². The topological polar surface area (TPSA) is 298 Å². The van der Waals surface area contributed by atoms with Crippen LogP contribution in [0.3, 0.4) is 0 Å². The van der Waals surface area contributed by atoms with Crippen LogP contribution in [-0.4, -0.2) is 173 Å². The minimum atomic E-state index is -5.60. The molecule has 0 spiro atoms. The fourth-order valence-electron chi connectivity index (χ4n) is 10.1. The molecular formula is C42H94O20Si16. The summed E-state index contributed by atoms with van der Waals surface area (Å²) in [7, 11) is -41.5. The van der Waals surface area contributed by atoms with Gasteiger partial charge in [-0.05, 0) is 204 Å². The third kappa shape index (κ3) is 20.2. The minimum absolute atomic E-state index is 0.435. The van der Waals surface area contributed by atoms with Crippen molar-refractivity contribution >= 4 is 132 Å². The van der Waals surface area contributed by atoms with E-state index in [2.05, 4.69) is 153 Å². The molecule has 0 saturated carbocycles. The Labute approximate surface area is 484 Å². The van der Waals surface area contributed by atoms with E-state index in [1.165, 1.54) is 77.0 Å². The number of rotatable bonds is 27. The van der Waals surface area contributed by atoms with Gasteiger partial charge in [0.1, 0.15) is 0 Å². The molecule has 446 valence electrons. The molecular weight excluding hydrogens is 1270 g/mol. The zero-order chi connectivity index (χ0) is 59.9. The van der Waals surface area contributed by atoms with Crippen LogP contribution in [0.15, 0.2) is 48.6 Å². The lowest BCUT2D eigenvalue weighted by Gasteiger charge is -2.52. The number of hydrogen-bond donors (Lipinski definition) is 6. The van der Waals surface area contributed by atoms with E-state index in [4.69, 9.17) is 64.2 Å². The molecule has 4 atom stereocenters. The van der Waals surface area contributed by atoms with E-state index < -0.39 is 145 Å². The Morgan fingerprint density at radius 3 is 0.667 bits per heavy atom. The normalized spacial score (nSPS) is 21.3. The lowest BCUT2D eigenvalue weighted by Crippen LogP contribution is -2.91. The van der Waals surface area contributed by atoms with Gasteiger partial charge in [0.25, 0.3) is 0 Å². The van der Waals surface area contributed by atoms with Crippen LogP contribution in [0.4, 0.5) is 0 Å². The quantitative estimate of drug-likeness (QED) is 0.0340. The predicted octanol–water partition coefficient (Wildman–Crippen LogP) is 5.42. The second-order valence-corrected chi connectivity index (χ2v) is 100.0. The Morgan fingerprint density at radius 1 is 0.359 bits per heavy atom. The molecule has 0 fully saturated rings. The molecule has 0 amide bonds. The van der Waals surface area contributed by atoms with Crippen molar-refractivity contribution < 1.29 is 91.0 Å². The molecule has 4 unspecified atom stereocenters. The summed E-state index contributed by atoms with van der Waals surface area (Å²) in [6.07, 6.45) is 19.6. The Bertz CT molecular complexity index is 1850. The first-order chi connectivity index (χ1) is 35.8. The van der Waals surface area contributed by atoms with Gasteiger partial charge in [-0.15, -0.1) is 0 Å². The van der Waals surface area contributed by atoms with Gasteiger partial charge in [-0.2, -0.15) is 0 Å². The van der Waals surface area contributed by atoms with Crippen LogP contribution < -0.4 is 0 Å². The van der Waals surface area contributed by atoms with Crippen molar-refractivity contribution in [3.05, 3.63) is 48.6 Å². The summed E-state index contributed by atoms with van der Waals surface area (Å²) in [5.41, 5.74) is 1.74. The van der Waals surface area contributed by atoms with Gasteiger partial charge >= 0.3 is 75.3 Å². The molecule has 0 aliphatic heterocycles. The van der Waals surface area contributed by atoms with E-state index in [1.807, 2.05) is 0 Å². The van der Waals surface area contributed by atoms with Crippen LogP contribution in [-0.2, 0) is 62.2 Å². The summed E-state index contributed by atoms with van der Waals surface area (Å²) in [5, 5.41) is 0. The molecule has 20 nitrogen and oxygen atoms in total. The fraction of sp³-hybridized carbons (Fsp3) is 0.810. The van der Waals surface area contributed by atoms with Gasteiger partial charge in [0.2, 0.25) is 33.3 Å². The van der Waals surface area contributed by atoms with Crippen molar-refractivity contribution in [3.63, 3.8) is 0 Å². The lowest BCUT2D eigenvalue weighted by molar-refractivity contribution is -0.390. The van der Waals surface area contributed by atoms with Gasteiger partial charge in [0.05, 0.1) is 0 Å². The average molecular weight is 1370 g/mol. The van der Waals surface area contributed by atoms with E-state index in [1.54, 1.807) is 0 Å². The summed E-state index contributed by atoms with van der Waals surface area (Å²) >= 11 is 0. The second kappa shape index (κ2) is 31.7. The van der Waals surface area contributed by atoms with Crippen LogP contribution in [0.1, 0.15) is 77.0 Å². The first kappa shape index (κ1) is 73.8. The highest BCUT2D eigenvalue weighted by Gasteiger charge is 2.91. The molecule has 0 heterocycles. The van der Waals surface area contributed by atoms with Crippen LogP contribution in [0.5, 0.6) is 0 Å². The number of hydrogen-bond acceptors (Lipinski definition) is 14. The molecule has 4 aliphatic rings. The standard InChI is InChI=1S/C33H60O4Si4.C9H28O4Si4.H6O12Si8/c1-38(2,29-21-13-9-14-22-29)34-33(35-39(3,4)30-23-15-10-16-24-30,36-40(5,6)31-25-17-11-18-26-31)37-41(7,8)32-27-19-12-20-28-32;1-14(2)10-9(11-15(3)4,12-16(5)6)13-17(7)8;1-13(2)19(14(3)4,15(5)6)20(16(7)8,17(9)10)18(11)12/h13,15,17,19,21,23,25,27,29-32H,9-12,14,16,18,20,22,24,26,28H2,1-8H3;14-17H,1-8H3;1,3,5,7,9,11H. The van der Waals surface area contributed by atoms with E-state index in [9.17, 15) is 26.8 Å². The zero-order valence-corrected chi connectivity index (χ0v) is 65.7. The molecule has 0 bridgehead atoms. The average Bonchev–Trinajstić information content (AvgIpc) is 3.29. The Balaban J connectivity index is 0.000000468. The predicted molar refractivity (Wildman–Crippen MR) is 330 cm³/mol. The first-order valence-corrected chi connectivity index (χ1v) is 69.6. The minimum Gasteiger partial charge on any atom is -0.542 e. The molecule has 0 aromatic rings. The maximum Gasteiger partial charge on any atom is 0.483 e. The van der Waals surface area contributed by atoms with Crippen LogP contribution in [0, 0.1) is 0 Å². The molecule has 4 aliphatic carbocycles. The molecule has 0 aromatic heterocycles. The summed E-state index contributed by atoms with van der Waals surface area (Å²) in [6.45, 7) is 35.8. The molecule has 36 heteroatoms. The highest BCUT2D eigenvalue weighted by Crippen LogP contribution is 2.47. The van der Waals surface area contributed by atoms with Gasteiger partial charge in [-0.1, -0.05) is 48.6 Å².